The van der Waals surface area contributed by atoms with E-state index >= 15 is 0 Å². The number of nitrogens with one attached hydrogen (secondary N) is 2. The van der Waals surface area contributed by atoms with Crippen LogP contribution in [-0.2, 0) is 21.4 Å². The average molecular weight is 439 g/mol. The first kappa shape index (κ1) is 21.1. The zero-order valence-corrected chi connectivity index (χ0v) is 18.3. The molecule has 31 heavy (non-hydrogen) atoms. The lowest BCUT2D eigenvalue weighted by molar-refractivity contribution is -0.116. The SMILES string of the molecule is CCn1ccc2cc(NC(=O)CCCCCN=C3NS(=O)(=O)c4ccccc43)ccc21. The van der Waals surface area contributed by atoms with E-state index in [0.717, 1.165) is 42.4 Å². The van der Waals surface area contributed by atoms with Crippen LogP contribution in [0.2, 0.25) is 0 Å². The molecular formula is C23H26N4O3S. The number of carbonyl (C=O) groups excluding carboxylic acids is 1. The summed E-state index contributed by atoms with van der Waals surface area (Å²) < 4.78 is 28.8. The number of amidine groups is 1. The van der Waals surface area contributed by atoms with Crippen molar-refractivity contribution in [2.24, 2.45) is 4.99 Å². The van der Waals surface area contributed by atoms with E-state index in [-0.39, 0.29) is 10.8 Å². The fourth-order valence-electron chi connectivity index (χ4n) is 3.79. The van der Waals surface area contributed by atoms with Crippen LogP contribution < -0.4 is 10.0 Å². The molecule has 0 spiro atoms. The van der Waals surface area contributed by atoms with Gasteiger partial charge in [0.15, 0.2) is 0 Å². The van der Waals surface area contributed by atoms with Gasteiger partial charge in [0.25, 0.3) is 10.0 Å². The van der Waals surface area contributed by atoms with Gasteiger partial charge in [0.05, 0.1) is 4.90 Å². The lowest BCUT2D eigenvalue weighted by atomic mass is 10.1. The summed E-state index contributed by atoms with van der Waals surface area (Å²) in [6.45, 7) is 3.53. The van der Waals surface area contributed by atoms with Gasteiger partial charge in [0.1, 0.15) is 5.84 Å². The number of aryl methyl sites for hydroxylation is 1. The first-order valence-corrected chi connectivity index (χ1v) is 12.0. The lowest BCUT2D eigenvalue weighted by Crippen LogP contribution is -2.22. The Kier molecular flexibility index (Phi) is 6.08. The maximum absolute atomic E-state index is 12.2. The van der Waals surface area contributed by atoms with Crippen LogP contribution >= 0.6 is 0 Å². The van der Waals surface area contributed by atoms with Crippen molar-refractivity contribution in [1.29, 1.82) is 0 Å². The minimum absolute atomic E-state index is 0.00179. The van der Waals surface area contributed by atoms with Gasteiger partial charge in [-0.1, -0.05) is 18.6 Å². The number of unbranched alkanes of at least 4 members (excludes halogenated alkanes) is 2. The Hall–Kier alpha value is -3.13. The monoisotopic (exact) mass is 438 g/mol. The molecule has 7 nitrogen and oxygen atoms in total. The van der Waals surface area contributed by atoms with E-state index in [1.54, 1.807) is 24.3 Å². The molecule has 0 aliphatic carbocycles. The fraction of sp³-hybridized carbons (Fsp3) is 0.304. The molecule has 0 bridgehead atoms. The predicted molar refractivity (Wildman–Crippen MR) is 123 cm³/mol. The molecule has 162 valence electrons. The summed E-state index contributed by atoms with van der Waals surface area (Å²) in [4.78, 5) is 16.9. The fourth-order valence-corrected chi connectivity index (χ4v) is 5.04. The number of rotatable bonds is 8. The highest BCUT2D eigenvalue weighted by Gasteiger charge is 2.29. The van der Waals surface area contributed by atoms with Gasteiger partial charge < -0.3 is 9.88 Å². The number of hydrogen-bond acceptors (Lipinski definition) is 4. The number of anilines is 1. The van der Waals surface area contributed by atoms with E-state index in [0.29, 0.717) is 24.4 Å². The van der Waals surface area contributed by atoms with Crippen LogP contribution in [0.1, 0.15) is 38.2 Å². The Morgan fingerprint density at radius 3 is 2.77 bits per heavy atom. The summed E-state index contributed by atoms with van der Waals surface area (Å²) >= 11 is 0. The first-order chi connectivity index (χ1) is 15.0. The van der Waals surface area contributed by atoms with Crippen molar-refractivity contribution in [3.05, 3.63) is 60.3 Å². The summed E-state index contributed by atoms with van der Waals surface area (Å²) in [6.07, 6.45) is 4.89. The lowest BCUT2D eigenvalue weighted by Gasteiger charge is -2.06. The van der Waals surface area contributed by atoms with E-state index in [1.807, 2.05) is 18.2 Å². The number of fused-ring (bicyclic) bond motifs is 2. The molecule has 1 amide bonds. The molecule has 0 saturated heterocycles. The third kappa shape index (κ3) is 4.64. The number of hydrogen-bond donors (Lipinski definition) is 2. The highest BCUT2D eigenvalue weighted by molar-refractivity contribution is 7.90. The van der Waals surface area contributed by atoms with Crippen LogP contribution in [0.15, 0.2) is 64.6 Å². The molecule has 1 aliphatic heterocycles. The maximum Gasteiger partial charge on any atom is 0.263 e. The number of benzene rings is 2. The third-order valence-electron chi connectivity index (χ3n) is 5.39. The topological polar surface area (TPSA) is 92.6 Å². The molecule has 2 heterocycles. The van der Waals surface area contributed by atoms with Crippen LogP contribution in [0.5, 0.6) is 0 Å². The Morgan fingerprint density at radius 1 is 1.10 bits per heavy atom. The van der Waals surface area contributed by atoms with E-state index in [9.17, 15) is 13.2 Å². The van der Waals surface area contributed by atoms with Crippen molar-refractivity contribution < 1.29 is 13.2 Å². The molecule has 0 radical (unpaired) electrons. The van der Waals surface area contributed by atoms with Gasteiger partial charge in [-0.25, -0.2) is 8.42 Å². The zero-order valence-electron chi connectivity index (χ0n) is 17.5. The number of carbonyl (C=O) groups is 1. The Balaban J connectivity index is 1.22. The Bertz CT molecular complexity index is 1240. The van der Waals surface area contributed by atoms with Crippen molar-refractivity contribution in [2.45, 2.75) is 44.0 Å². The number of sulfonamides is 1. The number of nitrogens with zero attached hydrogens (tertiary/aromatic N) is 2. The van der Waals surface area contributed by atoms with Gasteiger partial charge in [-0.05, 0) is 56.2 Å². The van der Waals surface area contributed by atoms with Gasteiger partial charge >= 0.3 is 0 Å². The molecule has 8 heteroatoms. The van der Waals surface area contributed by atoms with Gasteiger partial charge in [0, 0.05) is 47.9 Å². The van der Waals surface area contributed by atoms with Gasteiger partial charge in [-0.3, -0.25) is 14.5 Å². The van der Waals surface area contributed by atoms with Crippen LogP contribution in [0.4, 0.5) is 5.69 Å². The molecule has 1 aliphatic rings. The van der Waals surface area contributed by atoms with E-state index < -0.39 is 10.0 Å². The molecule has 0 fully saturated rings. The molecular weight excluding hydrogens is 412 g/mol. The van der Waals surface area contributed by atoms with Crippen molar-refractivity contribution in [1.82, 2.24) is 9.29 Å². The highest BCUT2D eigenvalue weighted by atomic mass is 32.2. The minimum Gasteiger partial charge on any atom is -0.348 e. The van der Waals surface area contributed by atoms with Crippen LogP contribution in [0, 0.1) is 0 Å². The van der Waals surface area contributed by atoms with E-state index in [4.69, 9.17) is 0 Å². The summed E-state index contributed by atoms with van der Waals surface area (Å²) in [6, 6.07) is 14.8. The molecule has 0 unspecified atom stereocenters. The van der Waals surface area contributed by atoms with Crippen molar-refractivity contribution >= 4 is 38.4 Å². The van der Waals surface area contributed by atoms with E-state index in [1.165, 1.54) is 0 Å². The second kappa shape index (κ2) is 8.93. The maximum atomic E-state index is 12.2. The first-order valence-electron chi connectivity index (χ1n) is 10.5. The van der Waals surface area contributed by atoms with E-state index in [2.05, 4.69) is 38.8 Å². The number of aliphatic imine (C=N–C) groups is 1. The molecule has 0 atom stereocenters. The molecule has 2 N–H and O–H groups in total. The zero-order chi connectivity index (χ0) is 21.8. The summed E-state index contributed by atoms with van der Waals surface area (Å²) in [5, 5.41) is 4.08. The largest absolute Gasteiger partial charge is 0.348 e. The van der Waals surface area contributed by atoms with Crippen LogP contribution in [0.3, 0.4) is 0 Å². The van der Waals surface area contributed by atoms with Gasteiger partial charge in [-0.2, -0.15) is 0 Å². The van der Waals surface area contributed by atoms with Crippen molar-refractivity contribution in [3.8, 4) is 0 Å². The second-order valence-electron chi connectivity index (χ2n) is 7.57. The number of amides is 1. The van der Waals surface area contributed by atoms with Gasteiger partial charge in [-0.15, -0.1) is 0 Å². The standard InChI is InChI=1S/C23H26N4O3S/c1-2-27-15-13-17-16-18(11-12-20(17)27)25-22(28)10-4-3-7-14-24-23-19-8-5-6-9-21(19)31(29,30)26-23/h5-6,8-9,11-13,15-16H,2-4,7,10,14H2,1H3,(H,24,26)(H,25,28). The van der Waals surface area contributed by atoms with Crippen LogP contribution in [0.25, 0.3) is 10.9 Å². The van der Waals surface area contributed by atoms with Crippen molar-refractivity contribution in [2.75, 3.05) is 11.9 Å². The minimum atomic E-state index is -3.49. The second-order valence-corrected chi connectivity index (χ2v) is 9.22. The predicted octanol–water partition coefficient (Wildman–Crippen LogP) is 3.90. The number of aromatic nitrogens is 1. The third-order valence-corrected chi connectivity index (χ3v) is 6.79. The summed E-state index contributed by atoms with van der Waals surface area (Å²) in [5.41, 5.74) is 2.59. The molecule has 4 rings (SSSR count). The molecule has 2 aromatic carbocycles. The quantitative estimate of drug-likeness (QED) is 0.523. The highest BCUT2D eigenvalue weighted by Crippen LogP contribution is 2.23. The summed E-state index contributed by atoms with van der Waals surface area (Å²) in [5.74, 6) is 0.402. The Labute approximate surface area is 182 Å². The molecule has 1 aromatic heterocycles. The van der Waals surface area contributed by atoms with Gasteiger partial charge in [0.2, 0.25) is 5.91 Å². The normalized spacial score (nSPS) is 15.7. The molecule has 3 aromatic rings. The van der Waals surface area contributed by atoms with Crippen LogP contribution in [-0.4, -0.2) is 31.3 Å². The average Bonchev–Trinajstić information content (AvgIpc) is 3.28. The summed E-state index contributed by atoms with van der Waals surface area (Å²) in [7, 11) is -3.49. The van der Waals surface area contributed by atoms with Crippen molar-refractivity contribution in [3.63, 3.8) is 0 Å². The smallest absolute Gasteiger partial charge is 0.263 e. The Morgan fingerprint density at radius 2 is 1.94 bits per heavy atom. The molecule has 0 saturated carbocycles.